The maximum Gasteiger partial charge on any atom is 0.326 e. The van der Waals surface area contributed by atoms with Crippen molar-refractivity contribution in [2.24, 2.45) is 5.92 Å². The van der Waals surface area contributed by atoms with Gasteiger partial charge >= 0.3 is 11.9 Å². The summed E-state index contributed by atoms with van der Waals surface area (Å²) in [5.41, 5.74) is 4.71. The molecule has 1 fully saturated rings. The molecule has 1 aliphatic heterocycles. The normalized spacial score (nSPS) is 14.8. The van der Waals surface area contributed by atoms with E-state index in [2.05, 4.69) is 118 Å². The number of amides is 13. The van der Waals surface area contributed by atoms with Gasteiger partial charge < -0.3 is 83.7 Å². The number of likely N-dealkylation sites (tertiary alicyclic amines) is 1. The van der Waals surface area contributed by atoms with E-state index in [4.69, 9.17) is 4.74 Å². The number of ether oxygens (including phenoxy) is 1. The van der Waals surface area contributed by atoms with E-state index in [-0.39, 0.29) is 32.2 Å². The molecule has 784 valence electrons. The third-order valence-corrected chi connectivity index (χ3v) is 26.7. The largest absolute Gasteiger partial charge is 0.488 e. The van der Waals surface area contributed by atoms with Gasteiger partial charge in [0, 0.05) is 39.2 Å². The summed E-state index contributed by atoms with van der Waals surface area (Å²) < 4.78 is 6.15. The minimum Gasteiger partial charge on any atom is -0.488 e. The third-order valence-electron chi connectivity index (χ3n) is 26.7. The molecular weight excluding hydrogens is 1890 g/mol. The fraction of sp³-hybridized carbons (Fsp3) is 0.359. The number of aryl methyl sites for hydroxylation is 1. The van der Waals surface area contributed by atoms with E-state index in [1.54, 1.807) is 31.2 Å². The van der Waals surface area contributed by atoms with E-state index in [0.717, 1.165) is 22.3 Å². The quantitative estimate of drug-likeness (QED) is 0.0124. The van der Waals surface area contributed by atoms with Gasteiger partial charge in [0.1, 0.15) is 88.9 Å². The van der Waals surface area contributed by atoms with Gasteiger partial charge in [-0.15, -0.1) is 0 Å². The van der Waals surface area contributed by atoms with Crippen LogP contribution in [-0.2, 0) is 95.0 Å². The molecule has 1 saturated heterocycles. The Kier molecular flexibility index (Phi) is 41.0. The second kappa shape index (κ2) is 53.9. The van der Waals surface area contributed by atoms with Gasteiger partial charge in [0.2, 0.25) is 76.8 Å². The van der Waals surface area contributed by atoms with Crippen molar-refractivity contribution in [2.75, 3.05) is 13.1 Å². The molecule has 13 amide bonds. The van der Waals surface area contributed by atoms with Crippen molar-refractivity contribution >= 4 is 88.7 Å². The van der Waals surface area contributed by atoms with E-state index < -0.39 is 222 Å². The first-order chi connectivity index (χ1) is 71.3. The number of carbonyl (C=O) groups is 15. The van der Waals surface area contributed by atoms with Crippen LogP contribution in [0.2, 0.25) is 0 Å². The Morgan fingerprint density at radius 1 is 0.369 bits per heavy atom. The zero-order valence-corrected chi connectivity index (χ0v) is 86.1. The SMILES string of the molecule is CC[C@H](C)[C@H](NC(=O)[C@H](Cc1ccc(OC(C)(C)C)cc1)NC(=O)[C@H](CCCCNC(c1ccccc1)(c1ccccc1)c1ccc(C)cc1)NC(C)=O)C(=O)N1CCC[C@H]1C(=O)N[C@@H](CCC(=O)NC(c1ccccc1)(c1ccccc1)c1ccccc1)C(=O)N[C@@H](C)C(=O)N[C@@H](C)C(=O)N[C@@H](CCC(=O)NC(c1ccccc1)(c1ccccc1)c1ccccc1)C(=O)N[C@@H](C)C(=O)N[C@@H](C)C(=O)N[C@@H](CCC(=O)O)C(=O)O. The Labute approximate surface area is 870 Å². The molecule has 10 aromatic carbocycles. The zero-order valence-electron chi connectivity index (χ0n) is 86.1. The van der Waals surface area contributed by atoms with Crippen LogP contribution < -0.4 is 73.9 Å². The third kappa shape index (κ3) is 30.8. The molecule has 0 aliphatic carbocycles. The highest BCUT2D eigenvalue weighted by molar-refractivity contribution is 6.00. The molecule has 149 heavy (non-hydrogen) atoms. The molecule has 0 radical (unpaired) electrons. The number of nitrogens with zero attached hydrogens (tertiary/aromatic N) is 1. The maximum atomic E-state index is 15.7. The molecule has 32 heteroatoms. The summed E-state index contributed by atoms with van der Waals surface area (Å²) in [5.74, 6) is -13.5. The lowest BCUT2D eigenvalue weighted by atomic mass is 9.76. The molecular formula is C117H138N14O18. The van der Waals surface area contributed by atoms with E-state index in [0.29, 0.717) is 70.5 Å². The number of rotatable bonds is 52. The van der Waals surface area contributed by atoms with Crippen molar-refractivity contribution in [3.05, 3.63) is 352 Å². The minimum atomic E-state index is -1.68. The Morgan fingerprint density at radius 2 is 0.705 bits per heavy atom. The number of nitrogens with one attached hydrogen (secondary N) is 13. The smallest absolute Gasteiger partial charge is 0.326 e. The summed E-state index contributed by atoms with van der Waals surface area (Å²) in [6, 6.07) is 74.7. The molecule has 0 spiro atoms. The summed E-state index contributed by atoms with van der Waals surface area (Å²) in [4.78, 5) is 217. The monoisotopic (exact) mass is 2030 g/mol. The maximum absolute atomic E-state index is 15.7. The molecule has 32 nitrogen and oxygen atoms in total. The predicted octanol–water partition coefficient (Wildman–Crippen LogP) is 11.2. The number of carboxylic acids is 2. The molecule has 0 aromatic heterocycles. The van der Waals surface area contributed by atoms with Crippen molar-refractivity contribution in [3.63, 3.8) is 0 Å². The van der Waals surface area contributed by atoms with Crippen LogP contribution in [-0.4, -0.2) is 189 Å². The second-order valence-electron chi connectivity index (χ2n) is 39.0. The molecule has 1 heterocycles. The van der Waals surface area contributed by atoms with E-state index in [9.17, 15) is 53.4 Å². The summed E-state index contributed by atoms with van der Waals surface area (Å²) >= 11 is 0. The number of hydrogen-bond donors (Lipinski definition) is 15. The van der Waals surface area contributed by atoms with Gasteiger partial charge in [0.05, 0.1) is 5.54 Å². The van der Waals surface area contributed by atoms with Crippen LogP contribution >= 0.6 is 0 Å². The Bertz CT molecular complexity index is 5960. The van der Waals surface area contributed by atoms with Gasteiger partial charge in [-0.1, -0.05) is 305 Å². The topological polar surface area (TPSA) is 465 Å². The van der Waals surface area contributed by atoms with E-state index in [1.807, 2.05) is 253 Å². The van der Waals surface area contributed by atoms with Crippen LogP contribution in [0, 0.1) is 12.8 Å². The standard InChI is InChI=1S/C117H138N14O18/c1-12-76(3)102(128-110(144)97(74-82-60-64-92(65-61-82)149-114(9,10)11)127-109(143)93(123-81(8)132)56-37-38-72-118-115(83-40-21-13-22-41-83,84-42-23-14-24-43-84)91-62-58-75(2)59-63-91)112(146)131-73-39-57-98(131)111(145)125-95(67-70-100(134)130-117(88-50-31-18-32-51-88,89-52-33-19-34-53-89)90-54-35-20-36-55-90)108(142)122-78(5)103(137)119-79(6)105(139)124-94(107(141)121-77(4)104(138)120-80(7)106(140)126-96(113(147)148)68-71-101(135)136)66-69-99(133)129-116(85-44-25-15-26-45-85,86-46-27-16-28-47-86)87-48-29-17-30-49-87/h13-36,40-55,58-65,76-80,93-98,102,118H,12,37-39,56-57,66-74H2,1-11H3,(H,119,137)(H,120,138)(H,121,141)(H,122,142)(H,123,132)(H,124,139)(H,125,145)(H,126,140)(H,127,143)(H,128,144)(H,129,133)(H,130,134)(H,135,136)(H,147,148)/t76-,77-,78-,79-,80-,93-,94-,95-,96-,97-,98-,102-/m0/s1. The van der Waals surface area contributed by atoms with Crippen LogP contribution in [0.25, 0.3) is 0 Å². The molecule has 0 bridgehead atoms. The Hall–Kier alpha value is -16.0. The fourth-order valence-electron chi connectivity index (χ4n) is 18.6. The van der Waals surface area contributed by atoms with Gasteiger partial charge in [-0.2, -0.15) is 0 Å². The van der Waals surface area contributed by atoms with Crippen molar-refractivity contribution in [1.29, 1.82) is 0 Å². The van der Waals surface area contributed by atoms with Crippen LogP contribution in [0.1, 0.15) is 207 Å². The van der Waals surface area contributed by atoms with Crippen LogP contribution in [0.3, 0.4) is 0 Å². The Morgan fingerprint density at radius 3 is 1.08 bits per heavy atom. The average molecular weight is 2030 g/mol. The van der Waals surface area contributed by atoms with E-state index in [1.165, 1.54) is 39.5 Å². The van der Waals surface area contributed by atoms with E-state index >= 15 is 28.8 Å². The number of aliphatic carboxylic acids is 2. The summed E-state index contributed by atoms with van der Waals surface area (Å²) in [6.45, 7) is 18.1. The second-order valence-corrected chi connectivity index (χ2v) is 39.0. The number of unbranched alkanes of at least 4 members (excludes halogenated alkanes) is 1. The fourth-order valence-corrected chi connectivity index (χ4v) is 18.6. The van der Waals surface area contributed by atoms with Gasteiger partial charge in [0.25, 0.3) is 0 Å². The highest BCUT2D eigenvalue weighted by Crippen LogP contribution is 2.41. The van der Waals surface area contributed by atoms with Crippen LogP contribution in [0.5, 0.6) is 5.75 Å². The lowest BCUT2D eigenvalue weighted by molar-refractivity contribution is -0.143. The van der Waals surface area contributed by atoms with Gasteiger partial charge in [-0.25, -0.2) is 4.79 Å². The molecule has 10 aromatic rings. The predicted molar refractivity (Wildman–Crippen MR) is 566 cm³/mol. The summed E-state index contributed by atoms with van der Waals surface area (Å²) in [5, 5.41) is 56.0. The highest BCUT2D eigenvalue weighted by atomic mass is 16.5. The van der Waals surface area contributed by atoms with Gasteiger partial charge in [-0.05, 0) is 187 Å². The van der Waals surface area contributed by atoms with Gasteiger partial charge in [-0.3, -0.25) is 72.4 Å². The first-order valence-electron chi connectivity index (χ1n) is 50.8. The van der Waals surface area contributed by atoms with Crippen molar-refractivity contribution in [1.82, 2.24) is 74.0 Å². The van der Waals surface area contributed by atoms with Crippen molar-refractivity contribution in [2.45, 2.75) is 248 Å². The Balaban J connectivity index is 0.836. The molecule has 0 unspecified atom stereocenters. The molecule has 12 atom stereocenters. The highest BCUT2D eigenvalue weighted by Gasteiger charge is 2.46. The summed E-state index contributed by atoms with van der Waals surface area (Å²) in [6.07, 6.45) is -1.18. The van der Waals surface area contributed by atoms with Crippen LogP contribution in [0.4, 0.5) is 0 Å². The number of benzene rings is 10. The average Bonchev–Trinajstić information content (AvgIpc) is 1.11. The van der Waals surface area contributed by atoms with Gasteiger partial charge in [0.15, 0.2) is 0 Å². The number of carbonyl (C=O) groups excluding carboxylic acids is 13. The number of hydrogen-bond acceptors (Lipinski definition) is 17. The molecule has 11 rings (SSSR count). The molecule has 15 N–H and O–H groups in total. The zero-order chi connectivity index (χ0) is 108. The lowest BCUT2D eigenvalue weighted by Gasteiger charge is -2.37. The molecule has 0 saturated carbocycles. The lowest BCUT2D eigenvalue weighted by Crippen LogP contribution is -2.61. The molecule has 1 aliphatic rings. The first kappa shape index (κ1) is 113. The number of carboxylic acid groups (broad SMARTS) is 2. The summed E-state index contributed by atoms with van der Waals surface area (Å²) in [7, 11) is 0. The minimum absolute atomic E-state index is 0.00156. The van der Waals surface area contributed by atoms with Crippen molar-refractivity contribution in [3.8, 4) is 5.75 Å². The first-order valence-corrected chi connectivity index (χ1v) is 50.8. The van der Waals surface area contributed by atoms with Crippen molar-refractivity contribution < 1.29 is 86.9 Å². The van der Waals surface area contributed by atoms with Crippen LogP contribution in [0.15, 0.2) is 291 Å².